The minimum absolute atomic E-state index is 0.0914. The van der Waals surface area contributed by atoms with Crippen molar-refractivity contribution in [2.75, 3.05) is 5.32 Å². The fraction of sp³-hybridized carbons (Fsp3) is 0.500. The van der Waals surface area contributed by atoms with Crippen molar-refractivity contribution in [1.82, 2.24) is 10.3 Å². The van der Waals surface area contributed by atoms with Gasteiger partial charge in [0, 0.05) is 12.3 Å². The highest BCUT2D eigenvalue weighted by molar-refractivity contribution is 7.14. The SMILES string of the molecule is CC(=O)Nc1nc(C(=O)N[C@@H](CC(C)C)C(=O)O)cs1. The first-order valence-electron chi connectivity index (χ1n) is 6.06. The van der Waals surface area contributed by atoms with E-state index in [1.807, 2.05) is 13.8 Å². The predicted molar refractivity (Wildman–Crippen MR) is 74.8 cm³/mol. The summed E-state index contributed by atoms with van der Waals surface area (Å²) in [6, 6.07) is -0.951. The van der Waals surface area contributed by atoms with Gasteiger partial charge in [0.1, 0.15) is 11.7 Å². The minimum atomic E-state index is -1.08. The highest BCUT2D eigenvalue weighted by atomic mass is 32.1. The largest absolute Gasteiger partial charge is 0.480 e. The summed E-state index contributed by atoms with van der Waals surface area (Å²) in [4.78, 5) is 37.7. The molecule has 0 aromatic carbocycles. The molecule has 20 heavy (non-hydrogen) atoms. The maximum Gasteiger partial charge on any atom is 0.326 e. The monoisotopic (exact) mass is 299 g/mol. The first-order chi connectivity index (χ1) is 9.29. The molecule has 1 atom stereocenters. The molecule has 8 heteroatoms. The van der Waals surface area contributed by atoms with Crippen molar-refractivity contribution in [3.63, 3.8) is 0 Å². The van der Waals surface area contributed by atoms with Crippen LogP contribution in [0.25, 0.3) is 0 Å². The average molecular weight is 299 g/mol. The highest BCUT2D eigenvalue weighted by Crippen LogP contribution is 2.15. The Balaban J connectivity index is 2.71. The van der Waals surface area contributed by atoms with Crippen molar-refractivity contribution in [3.05, 3.63) is 11.1 Å². The first-order valence-corrected chi connectivity index (χ1v) is 6.94. The van der Waals surface area contributed by atoms with Crippen LogP contribution in [0.1, 0.15) is 37.7 Å². The van der Waals surface area contributed by atoms with Gasteiger partial charge in [0.2, 0.25) is 5.91 Å². The van der Waals surface area contributed by atoms with E-state index in [1.54, 1.807) is 0 Å². The molecule has 0 radical (unpaired) electrons. The summed E-state index contributed by atoms with van der Waals surface area (Å²) >= 11 is 1.10. The van der Waals surface area contributed by atoms with E-state index in [-0.39, 0.29) is 17.5 Å². The molecule has 0 spiro atoms. The number of aliphatic carboxylic acids is 1. The van der Waals surface area contributed by atoms with Gasteiger partial charge in [0.25, 0.3) is 5.91 Å². The molecule has 7 nitrogen and oxygen atoms in total. The number of rotatable bonds is 6. The Morgan fingerprint density at radius 3 is 2.55 bits per heavy atom. The summed E-state index contributed by atoms with van der Waals surface area (Å²) < 4.78 is 0. The van der Waals surface area contributed by atoms with Crippen LogP contribution in [0.2, 0.25) is 0 Å². The van der Waals surface area contributed by atoms with Gasteiger partial charge in [0.15, 0.2) is 5.13 Å². The Hall–Kier alpha value is -1.96. The molecule has 0 aliphatic rings. The van der Waals surface area contributed by atoms with Crippen molar-refractivity contribution in [3.8, 4) is 0 Å². The third-order valence-corrected chi connectivity index (χ3v) is 3.09. The molecule has 1 aromatic heterocycles. The zero-order chi connectivity index (χ0) is 15.3. The van der Waals surface area contributed by atoms with Crippen LogP contribution < -0.4 is 10.6 Å². The number of amides is 2. The Morgan fingerprint density at radius 1 is 1.40 bits per heavy atom. The highest BCUT2D eigenvalue weighted by Gasteiger charge is 2.23. The molecule has 3 N–H and O–H groups in total. The molecule has 2 amide bonds. The number of carboxylic acids is 1. The number of carbonyl (C=O) groups is 3. The minimum Gasteiger partial charge on any atom is -0.480 e. The second-order valence-electron chi connectivity index (χ2n) is 4.71. The summed E-state index contributed by atoms with van der Waals surface area (Å²) in [5.41, 5.74) is 0.0914. The van der Waals surface area contributed by atoms with Gasteiger partial charge in [-0.05, 0) is 12.3 Å². The number of thiazole rings is 1. The molecule has 0 saturated carbocycles. The first kappa shape index (κ1) is 16.1. The number of nitrogens with zero attached hydrogens (tertiary/aromatic N) is 1. The number of carbonyl (C=O) groups excluding carboxylic acids is 2. The van der Waals surface area contributed by atoms with E-state index in [1.165, 1.54) is 12.3 Å². The Labute approximate surface area is 120 Å². The van der Waals surface area contributed by atoms with E-state index in [2.05, 4.69) is 15.6 Å². The third-order valence-electron chi connectivity index (χ3n) is 2.33. The summed E-state index contributed by atoms with van der Waals surface area (Å²) in [6.07, 6.45) is 0.337. The maximum absolute atomic E-state index is 11.9. The number of nitrogens with one attached hydrogen (secondary N) is 2. The fourth-order valence-corrected chi connectivity index (χ4v) is 2.25. The van der Waals surface area contributed by atoms with Gasteiger partial charge in [-0.15, -0.1) is 11.3 Å². The van der Waals surface area contributed by atoms with Gasteiger partial charge in [0.05, 0.1) is 0 Å². The molecule has 0 bridgehead atoms. The van der Waals surface area contributed by atoms with Gasteiger partial charge in [-0.25, -0.2) is 9.78 Å². The molecular formula is C12H17N3O4S. The smallest absolute Gasteiger partial charge is 0.326 e. The zero-order valence-corrected chi connectivity index (χ0v) is 12.3. The van der Waals surface area contributed by atoms with Crippen molar-refractivity contribution in [1.29, 1.82) is 0 Å². The molecule has 1 heterocycles. The van der Waals surface area contributed by atoms with E-state index in [4.69, 9.17) is 5.11 Å². The predicted octanol–water partition coefficient (Wildman–Crippen LogP) is 1.33. The molecule has 0 aliphatic heterocycles. The number of hydrogen-bond donors (Lipinski definition) is 3. The molecule has 1 aromatic rings. The van der Waals surface area contributed by atoms with Crippen LogP contribution in [0, 0.1) is 5.92 Å². The van der Waals surface area contributed by atoms with Gasteiger partial charge in [-0.2, -0.15) is 0 Å². The van der Waals surface area contributed by atoms with E-state index >= 15 is 0 Å². The zero-order valence-electron chi connectivity index (χ0n) is 11.5. The number of anilines is 1. The molecule has 0 fully saturated rings. The van der Waals surface area contributed by atoms with Crippen LogP contribution >= 0.6 is 11.3 Å². The summed E-state index contributed by atoms with van der Waals surface area (Å²) in [5.74, 6) is -1.79. The lowest BCUT2D eigenvalue weighted by molar-refractivity contribution is -0.139. The number of carboxylic acid groups (broad SMARTS) is 1. The maximum atomic E-state index is 11.9. The molecule has 0 aliphatic carbocycles. The van der Waals surface area contributed by atoms with Crippen LogP contribution in [0.15, 0.2) is 5.38 Å². The van der Waals surface area contributed by atoms with E-state index in [9.17, 15) is 14.4 Å². The van der Waals surface area contributed by atoms with Crippen LogP contribution in [0.5, 0.6) is 0 Å². The Morgan fingerprint density at radius 2 is 2.05 bits per heavy atom. The van der Waals surface area contributed by atoms with Crippen LogP contribution in [0.3, 0.4) is 0 Å². The van der Waals surface area contributed by atoms with Gasteiger partial charge in [-0.3, -0.25) is 9.59 Å². The Bertz CT molecular complexity index is 513. The molecule has 0 unspecified atom stereocenters. The third kappa shape index (κ3) is 4.96. The topological polar surface area (TPSA) is 108 Å². The van der Waals surface area contributed by atoms with Crippen LogP contribution in [-0.2, 0) is 9.59 Å². The average Bonchev–Trinajstić information content (AvgIpc) is 2.74. The van der Waals surface area contributed by atoms with E-state index in [0.717, 1.165) is 11.3 Å². The van der Waals surface area contributed by atoms with Crippen LogP contribution in [-0.4, -0.2) is 33.9 Å². The lowest BCUT2D eigenvalue weighted by atomic mass is 10.0. The van der Waals surface area contributed by atoms with Crippen molar-refractivity contribution in [2.24, 2.45) is 5.92 Å². The van der Waals surface area contributed by atoms with Gasteiger partial charge in [-0.1, -0.05) is 13.8 Å². The normalized spacial score (nSPS) is 12.0. The molecule has 0 saturated heterocycles. The number of hydrogen-bond acceptors (Lipinski definition) is 5. The molecular weight excluding hydrogens is 282 g/mol. The van der Waals surface area contributed by atoms with Crippen molar-refractivity contribution in [2.45, 2.75) is 33.2 Å². The van der Waals surface area contributed by atoms with Crippen molar-refractivity contribution >= 4 is 34.3 Å². The molecule has 110 valence electrons. The van der Waals surface area contributed by atoms with E-state index in [0.29, 0.717) is 11.6 Å². The lowest BCUT2D eigenvalue weighted by Gasteiger charge is -2.15. The van der Waals surface area contributed by atoms with Crippen molar-refractivity contribution < 1.29 is 19.5 Å². The standard InChI is InChI=1S/C12H17N3O4S/c1-6(2)4-8(11(18)19)14-10(17)9-5-20-12(15-9)13-7(3)16/h5-6,8H,4H2,1-3H3,(H,14,17)(H,18,19)(H,13,15,16)/t8-/m0/s1. The fourth-order valence-electron chi connectivity index (χ4n) is 1.51. The second kappa shape index (κ2) is 6.99. The quantitative estimate of drug-likeness (QED) is 0.734. The van der Waals surface area contributed by atoms with Crippen LogP contribution in [0.4, 0.5) is 5.13 Å². The molecule has 1 rings (SSSR count). The lowest BCUT2D eigenvalue weighted by Crippen LogP contribution is -2.41. The summed E-state index contributed by atoms with van der Waals surface area (Å²) in [7, 11) is 0. The summed E-state index contributed by atoms with van der Waals surface area (Å²) in [5, 5.41) is 15.7. The summed E-state index contributed by atoms with van der Waals surface area (Å²) in [6.45, 7) is 5.09. The second-order valence-corrected chi connectivity index (χ2v) is 5.57. The Kier molecular flexibility index (Phi) is 5.63. The van der Waals surface area contributed by atoms with Gasteiger partial charge >= 0.3 is 5.97 Å². The number of aromatic nitrogens is 1. The van der Waals surface area contributed by atoms with E-state index < -0.39 is 17.9 Å². The van der Waals surface area contributed by atoms with Gasteiger partial charge < -0.3 is 15.7 Å².